The van der Waals surface area contributed by atoms with Crippen LogP contribution in [0.2, 0.25) is 5.02 Å². The highest BCUT2D eigenvalue weighted by Crippen LogP contribution is 2.47. The summed E-state index contributed by atoms with van der Waals surface area (Å²) in [6, 6.07) is 11.6. The van der Waals surface area contributed by atoms with E-state index in [2.05, 4.69) is 48.4 Å². The van der Waals surface area contributed by atoms with Crippen LogP contribution in [0.5, 0.6) is 5.75 Å². The molecule has 13 heteroatoms. The van der Waals surface area contributed by atoms with E-state index in [9.17, 15) is 13.8 Å². The van der Waals surface area contributed by atoms with Gasteiger partial charge in [-0.2, -0.15) is 5.10 Å². The molecule has 3 heterocycles. The number of halogens is 1. The smallest absolute Gasteiger partial charge is 0.286 e. The standard InChI is InChI=1S/C36H43ClN6O5S/c1-47-32-7-3-2-4-17-49(46,40-34(44)14-16-43-24-38-23-39-43)41-35(45)26-9-13-33-31(19-26)42(20-27-8-11-29(27)32)21-36(22-48-33)15-5-6-25-18-28(37)10-12-30(25)36/h3,7,9-10,12-13,18-19,23-24,27,29,32H,2,4-6,8,11,14-17,20-22H2,1H3,(H,40,41,44,45,46)/b7-3-/t27-,29+,32-,36-,49?/m0/s1. The minimum absolute atomic E-state index is 0.0181. The Labute approximate surface area is 292 Å². The minimum atomic E-state index is -3.42. The number of aryl methyl sites for hydroxylation is 2. The van der Waals surface area contributed by atoms with E-state index < -0.39 is 21.7 Å². The maximum absolute atomic E-state index is 14.2. The van der Waals surface area contributed by atoms with Crippen molar-refractivity contribution < 1.29 is 23.3 Å². The van der Waals surface area contributed by atoms with Crippen molar-refractivity contribution in [1.29, 1.82) is 0 Å². The monoisotopic (exact) mass is 706 g/mol. The third-order valence-corrected chi connectivity index (χ3v) is 12.6. The van der Waals surface area contributed by atoms with Crippen LogP contribution in [0.4, 0.5) is 5.69 Å². The third kappa shape index (κ3) is 7.27. The fourth-order valence-corrected chi connectivity index (χ4v) is 9.73. The molecule has 1 N–H and O–H groups in total. The second-order valence-corrected chi connectivity index (χ2v) is 16.2. The number of benzene rings is 2. The summed E-state index contributed by atoms with van der Waals surface area (Å²) in [5.74, 6) is 0.381. The Bertz CT molecular complexity index is 1860. The third-order valence-electron chi connectivity index (χ3n) is 10.6. The van der Waals surface area contributed by atoms with E-state index in [1.165, 1.54) is 28.5 Å². The van der Waals surface area contributed by atoms with Gasteiger partial charge in [-0.3, -0.25) is 19.0 Å². The maximum Gasteiger partial charge on any atom is 0.286 e. The van der Waals surface area contributed by atoms with E-state index in [1.807, 2.05) is 18.2 Å². The first-order valence-corrected chi connectivity index (χ1v) is 19.2. The zero-order valence-corrected chi connectivity index (χ0v) is 29.3. The molecule has 2 amide bonds. The fourth-order valence-electron chi connectivity index (χ4n) is 7.91. The number of hydrogen-bond acceptors (Lipinski definition) is 8. The lowest BCUT2D eigenvalue weighted by Gasteiger charge is -2.46. The number of rotatable bonds is 5. The second-order valence-electron chi connectivity index (χ2n) is 13.7. The average molecular weight is 707 g/mol. The summed E-state index contributed by atoms with van der Waals surface area (Å²) in [7, 11) is -1.67. The predicted molar refractivity (Wildman–Crippen MR) is 188 cm³/mol. The lowest BCUT2D eigenvalue weighted by Crippen LogP contribution is -2.49. The summed E-state index contributed by atoms with van der Waals surface area (Å²) in [4.78, 5) is 33.0. The van der Waals surface area contributed by atoms with Gasteiger partial charge < -0.3 is 14.4 Å². The van der Waals surface area contributed by atoms with E-state index in [-0.39, 0.29) is 30.2 Å². The van der Waals surface area contributed by atoms with Gasteiger partial charge in [0.1, 0.15) is 28.3 Å². The summed E-state index contributed by atoms with van der Waals surface area (Å²) in [6.45, 7) is 2.28. The molecule has 2 bridgehead atoms. The van der Waals surface area contributed by atoms with Gasteiger partial charge in [0, 0.05) is 42.6 Å². The Morgan fingerprint density at radius 3 is 2.90 bits per heavy atom. The number of nitrogens with zero attached hydrogens (tertiary/aromatic N) is 5. The lowest BCUT2D eigenvalue weighted by molar-refractivity contribution is -0.119. The summed E-state index contributed by atoms with van der Waals surface area (Å²) < 4.78 is 35.1. The van der Waals surface area contributed by atoms with Crippen molar-refractivity contribution in [2.24, 2.45) is 16.2 Å². The molecule has 2 aliphatic carbocycles. The molecule has 3 aromatic rings. The Balaban J connectivity index is 1.25. The second kappa shape index (κ2) is 14.2. The van der Waals surface area contributed by atoms with E-state index in [1.54, 1.807) is 13.2 Å². The van der Waals surface area contributed by atoms with Gasteiger partial charge in [0.25, 0.3) is 5.91 Å². The Morgan fingerprint density at radius 1 is 1.20 bits per heavy atom. The summed E-state index contributed by atoms with van der Waals surface area (Å²) in [5.41, 5.74) is 3.41. The van der Waals surface area contributed by atoms with Crippen LogP contribution in [-0.4, -0.2) is 69.5 Å². The van der Waals surface area contributed by atoms with E-state index in [0.717, 1.165) is 55.9 Å². The van der Waals surface area contributed by atoms with Crippen LogP contribution >= 0.6 is 11.6 Å². The van der Waals surface area contributed by atoms with Crippen LogP contribution in [0.15, 0.2) is 65.6 Å². The number of aromatic nitrogens is 3. The molecular weight excluding hydrogens is 664 g/mol. The van der Waals surface area contributed by atoms with Gasteiger partial charge in [0.2, 0.25) is 5.91 Å². The number of ether oxygens (including phenoxy) is 2. The normalized spacial score (nSPS) is 29.0. The number of nitrogens with one attached hydrogen (secondary N) is 1. The number of allylic oxidation sites excluding steroid dienone is 1. The van der Waals surface area contributed by atoms with Crippen molar-refractivity contribution in [3.63, 3.8) is 0 Å². The largest absolute Gasteiger partial charge is 0.490 e. The van der Waals surface area contributed by atoms with Crippen LogP contribution in [0.1, 0.15) is 66.4 Å². The molecule has 49 heavy (non-hydrogen) atoms. The van der Waals surface area contributed by atoms with E-state index in [0.29, 0.717) is 42.6 Å². The van der Waals surface area contributed by atoms with Gasteiger partial charge in [0.15, 0.2) is 0 Å². The van der Waals surface area contributed by atoms with Gasteiger partial charge >= 0.3 is 0 Å². The quantitative estimate of drug-likeness (QED) is 0.344. The summed E-state index contributed by atoms with van der Waals surface area (Å²) in [6.07, 6.45) is 13.3. The molecule has 1 saturated carbocycles. The van der Waals surface area contributed by atoms with Crippen LogP contribution in [-0.2, 0) is 37.8 Å². The van der Waals surface area contributed by atoms with Gasteiger partial charge in [-0.25, -0.2) is 9.19 Å². The van der Waals surface area contributed by atoms with Gasteiger partial charge in [-0.15, -0.1) is 4.36 Å². The predicted octanol–water partition coefficient (Wildman–Crippen LogP) is 5.53. The van der Waals surface area contributed by atoms with E-state index >= 15 is 0 Å². The molecule has 2 aromatic carbocycles. The van der Waals surface area contributed by atoms with Gasteiger partial charge in [-0.1, -0.05) is 29.8 Å². The molecule has 11 nitrogen and oxygen atoms in total. The van der Waals surface area contributed by atoms with Crippen LogP contribution in [0.25, 0.3) is 0 Å². The highest BCUT2D eigenvalue weighted by molar-refractivity contribution is 7.92. The summed E-state index contributed by atoms with van der Waals surface area (Å²) in [5, 5.41) is 4.76. The molecule has 1 fully saturated rings. The van der Waals surface area contributed by atoms with Crippen molar-refractivity contribution in [2.45, 2.75) is 69.4 Å². The minimum Gasteiger partial charge on any atom is -0.490 e. The van der Waals surface area contributed by atoms with Crippen molar-refractivity contribution in [3.05, 3.63) is 82.9 Å². The fraction of sp³-hybridized carbons (Fsp3) is 0.500. The molecule has 0 radical (unpaired) electrons. The molecule has 4 aliphatic rings. The van der Waals surface area contributed by atoms with Crippen molar-refractivity contribution >= 4 is 39.0 Å². The number of anilines is 1. The lowest BCUT2D eigenvalue weighted by atomic mass is 9.68. The van der Waals surface area contributed by atoms with E-state index in [4.69, 9.17) is 21.1 Å². The number of carbonyl (C=O) groups is 2. The van der Waals surface area contributed by atoms with Gasteiger partial charge in [0.05, 0.1) is 30.7 Å². The van der Waals surface area contributed by atoms with Gasteiger partial charge in [-0.05, 0) is 98.2 Å². The molecule has 2 aliphatic heterocycles. The number of fused-ring (bicyclic) bond motifs is 4. The molecule has 260 valence electrons. The number of amides is 2. The first-order valence-electron chi connectivity index (χ1n) is 17.2. The topological polar surface area (TPSA) is 128 Å². The van der Waals surface area contributed by atoms with Crippen LogP contribution < -0.4 is 14.4 Å². The Hall–Kier alpha value is -3.74. The number of hydrogen-bond donors (Lipinski definition) is 1. The summed E-state index contributed by atoms with van der Waals surface area (Å²) >= 11 is 6.44. The zero-order valence-electron chi connectivity index (χ0n) is 27.8. The van der Waals surface area contributed by atoms with Crippen molar-refractivity contribution in [3.8, 4) is 5.75 Å². The first-order chi connectivity index (χ1) is 23.7. The average Bonchev–Trinajstić information content (AvgIpc) is 3.55. The molecule has 1 unspecified atom stereocenters. The van der Waals surface area contributed by atoms with Crippen LogP contribution in [0, 0.1) is 11.8 Å². The zero-order chi connectivity index (χ0) is 34.0. The molecule has 1 spiro atoms. The number of methoxy groups -OCH3 is 1. The highest BCUT2D eigenvalue weighted by atomic mass is 35.5. The maximum atomic E-state index is 14.2. The SMILES string of the molecule is CO[C@H]1/C=C\CCCS(=O)(NC(=O)CCn2cncn2)=NC(=O)c2ccc3c(c2)N(C[C@@H]2CC[C@H]21)C[C@@]1(CCCc2cc(Cl)ccc21)CO3. The molecular formula is C36H43ClN6O5S. The van der Waals surface area contributed by atoms with Crippen molar-refractivity contribution in [2.75, 3.05) is 37.5 Å². The highest BCUT2D eigenvalue weighted by Gasteiger charge is 2.44. The Kier molecular flexibility index (Phi) is 9.81. The molecule has 7 rings (SSSR count). The Morgan fingerprint density at radius 2 is 2.10 bits per heavy atom. The first kappa shape index (κ1) is 33.7. The number of carbonyl (C=O) groups excluding carboxylic acids is 2. The van der Waals surface area contributed by atoms with Crippen molar-refractivity contribution in [1.82, 2.24) is 19.5 Å². The molecule has 1 aromatic heterocycles. The molecule has 0 saturated heterocycles. The van der Waals surface area contributed by atoms with Crippen LogP contribution in [0.3, 0.4) is 0 Å². The molecule has 5 atom stereocenters.